The summed E-state index contributed by atoms with van der Waals surface area (Å²) < 4.78 is 24.5. The Balaban J connectivity index is 1.93. The van der Waals surface area contributed by atoms with Gasteiger partial charge in [0.05, 0.1) is 18.8 Å². The Labute approximate surface area is 101 Å². The van der Waals surface area contributed by atoms with E-state index in [2.05, 4.69) is 12.2 Å². The number of ether oxygens (including phenoxy) is 2. The molecule has 0 aliphatic heterocycles. The molecule has 0 aromatic heterocycles. The molecule has 2 atom stereocenters. The highest BCUT2D eigenvalue weighted by atomic mass is 19.1. The van der Waals surface area contributed by atoms with Crippen molar-refractivity contribution in [3.8, 4) is 0 Å². The number of halogens is 1. The second-order valence-electron chi connectivity index (χ2n) is 4.16. The molecule has 0 N–H and O–H groups in total. The van der Waals surface area contributed by atoms with E-state index in [0.717, 1.165) is 12.8 Å². The number of rotatable bonds is 4. The third-order valence-corrected chi connectivity index (χ3v) is 3.03. The first-order valence-electron chi connectivity index (χ1n) is 5.84. The fourth-order valence-corrected chi connectivity index (χ4v) is 2.00. The number of benzene rings is 1. The summed E-state index contributed by atoms with van der Waals surface area (Å²) in [6, 6.07) is 6.69. The van der Waals surface area contributed by atoms with Crippen molar-refractivity contribution in [3.63, 3.8) is 0 Å². The third kappa shape index (κ3) is 3.14. The molecule has 2 nitrogen and oxygen atoms in total. The second-order valence-corrected chi connectivity index (χ2v) is 4.16. The molecule has 0 amide bonds. The maximum absolute atomic E-state index is 13.4. The van der Waals surface area contributed by atoms with Gasteiger partial charge in [-0.05, 0) is 18.9 Å². The zero-order valence-corrected chi connectivity index (χ0v) is 9.93. The van der Waals surface area contributed by atoms with Crippen LogP contribution in [0.15, 0.2) is 36.4 Å². The Morgan fingerprint density at radius 2 is 1.88 bits per heavy atom. The molecular weight excluding hydrogens is 219 g/mol. The van der Waals surface area contributed by atoms with Crippen LogP contribution >= 0.6 is 0 Å². The number of hydrogen-bond donors (Lipinski definition) is 0. The highest BCUT2D eigenvalue weighted by Gasteiger charge is 2.22. The van der Waals surface area contributed by atoms with Gasteiger partial charge in [-0.15, -0.1) is 0 Å². The predicted octanol–water partition coefficient (Wildman–Crippen LogP) is 3.08. The quantitative estimate of drug-likeness (QED) is 0.748. The van der Waals surface area contributed by atoms with Crippen molar-refractivity contribution in [1.82, 2.24) is 0 Å². The fourth-order valence-electron chi connectivity index (χ4n) is 2.00. The summed E-state index contributed by atoms with van der Waals surface area (Å²) in [5.41, 5.74) is 0.594. The summed E-state index contributed by atoms with van der Waals surface area (Å²) in [4.78, 5) is 0. The van der Waals surface area contributed by atoms with E-state index in [-0.39, 0.29) is 18.0 Å². The van der Waals surface area contributed by atoms with Crippen molar-refractivity contribution >= 4 is 0 Å². The molecule has 3 heteroatoms. The zero-order valence-electron chi connectivity index (χ0n) is 9.93. The SMILES string of the molecule is CO[C@H]1CC=CC[C@H]1OCc1ccccc1F. The highest BCUT2D eigenvalue weighted by Crippen LogP contribution is 2.20. The van der Waals surface area contributed by atoms with Crippen LogP contribution in [-0.4, -0.2) is 19.3 Å². The van der Waals surface area contributed by atoms with Gasteiger partial charge in [0.2, 0.25) is 0 Å². The van der Waals surface area contributed by atoms with Crippen LogP contribution in [0.2, 0.25) is 0 Å². The molecule has 0 bridgehead atoms. The zero-order chi connectivity index (χ0) is 12.1. The molecule has 0 saturated carbocycles. The van der Waals surface area contributed by atoms with Gasteiger partial charge in [-0.25, -0.2) is 4.39 Å². The molecule has 1 aromatic rings. The highest BCUT2D eigenvalue weighted by molar-refractivity contribution is 5.16. The first kappa shape index (κ1) is 12.3. The molecular formula is C14H17FO2. The molecule has 0 heterocycles. The van der Waals surface area contributed by atoms with Crippen molar-refractivity contribution in [2.24, 2.45) is 0 Å². The van der Waals surface area contributed by atoms with Crippen LogP contribution in [0, 0.1) is 5.82 Å². The Morgan fingerprint density at radius 3 is 2.59 bits per heavy atom. The summed E-state index contributed by atoms with van der Waals surface area (Å²) in [5, 5.41) is 0. The number of methoxy groups -OCH3 is 1. The fraction of sp³-hybridized carbons (Fsp3) is 0.429. The Hall–Kier alpha value is -1.19. The molecule has 0 spiro atoms. The minimum Gasteiger partial charge on any atom is -0.378 e. The van der Waals surface area contributed by atoms with E-state index in [4.69, 9.17) is 9.47 Å². The van der Waals surface area contributed by atoms with E-state index in [1.54, 1.807) is 19.2 Å². The average molecular weight is 236 g/mol. The van der Waals surface area contributed by atoms with Crippen molar-refractivity contribution in [1.29, 1.82) is 0 Å². The Kier molecular flexibility index (Phi) is 4.29. The number of hydrogen-bond acceptors (Lipinski definition) is 2. The van der Waals surface area contributed by atoms with Gasteiger partial charge in [-0.3, -0.25) is 0 Å². The van der Waals surface area contributed by atoms with Gasteiger partial charge in [0, 0.05) is 12.7 Å². The van der Waals surface area contributed by atoms with Gasteiger partial charge >= 0.3 is 0 Å². The van der Waals surface area contributed by atoms with Gasteiger partial charge in [0.15, 0.2) is 0 Å². The van der Waals surface area contributed by atoms with Gasteiger partial charge in [-0.2, -0.15) is 0 Å². The molecule has 17 heavy (non-hydrogen) atoms. The van der Waals surface area contributed by atoms with Crippen LogP contribution in [0.1, 0.15) is 18.4 Å². The van der Waals surface area contributed by atoms with E-state index < -0.39 is 0 Å². The molecule has 92 valence electrons. The molecule has 1 aromatic carbocycles. The minimum absolute atomic E-state index is 0.0182. The van der Waals surface area contributed by atoms with Crippen molar-refractivity contribution in [3.05, 3.63) is 47.8 Å². The molecule has 0 radical (unpaired) electrons. The van der Waals surface area contributed by atoms with Gasteiger partial charge in [0.1, 0.15) is 5.82 Å². The topological polar surface area (TPSA) is 18.5 Å². The van der Waals surface area contributed by atoms with Crippen LogP contribution in [0.3, 0.4) is 0 Å². The first-order chi connectivity index (χ1) is 8.31. The van der Waals surface area contributed by atoms with E-state index in [1.165, 1.54) is 6.07 Å². The van der Waals surface area contributed by atoms with Crippen LogP contribution in [0.5, 0.6) is 0 Å². The molecule has 1 aliphatic carbocycles. The monoisotopic (exact) mass is 236 g/mol. The second kappa shape index (κ2) is 5.94. The first-order valence-corrected chi connectivity index (χ1v) is 5.84. The van der Waals surface area contributed by atoms with Crippen LogP contribution in [0.25, 0.3) is 0 Å². The third-order valence-electron chi connectivity index (χ3n) is 3.03. The molecule has 0 saturated heterocycles. The van der Waals surface area contributed by atoms with Crippen LogP contribution < -0.4 is 0 Å². The van der Waals surface area contributed by atoms with E-state index >= 15 is 0 Å². The molecule has 1 aliphatic rings. The summed E-state index contributed by atoms with van der Waals surface area (Å²) in [7, 11) is 1.68. The summed E-state index contributed by atoms with van der Waals surface area (Å²) in [5.74, 6) is -0.215. The summed E-state index contributed by atoms with van der Waals surface area (Å²) in [6.07, 6.45) is 5.96. The summed E-state index contributed by atoms with van der Waals surface area (Å²) in [6.45, 7) is 0.297. The molecule has 2 rings (SSSR count). The summed E-state index contributed by atoms with van der Waals surface area (Å²) >= 11 is 0. The van der Waals surface area contributed by atoms with Gasteiger partial charge in [0.25, 0.3) is 0 Å². The van der Waals surface area contributed by atoms with Gasteiger partial charge in [-0.1, -0.05) is 30.4 Å². The molecule has 0 fully saturated rings. The van der Waals surface area contributed by atoms with E-state index in [9.17, 15) is 4.39 Å². The average Bonchev–Trinajstić information content (AvgIpc) is 2.38. The maximum atomic E-state index is 13.4. The lowest BCUT2D eigenvalue weighted by Gasteiger charge is -2.27. The van der Waals surface area contributed by atoms with Crippen molar-refractivity contribution in [2.75, 3.05) is 7.11 Å². The Bertz CT molecular complexity index is 390. The maximum Gasteiger partial charge on any atom is 0.128 e. The van der Waals surface area contributed by atoms with Crippen LogP contribution in [0.4, 0.5) is 4.39 Å². The lowest BCUT2D eigenvalue weighted by molar-refractivity contribution is -0.0641. The van der Waals surface area contributed by atoms with Crippen molar-refractivity contribution < 1.29 is 13.9 Å². The lowest BCUT2D eigenvalue weighted by atomic mass is 10.0. The lowest BCUT2D eigenvalue weighted by Crippen LogP contribution is -2.32. The largest absolute Gasteiger partial charge is 0.378 e. The van der Waals surface area contributed by atoms with E-state index in [0.29, 0.717) is 12.2 Å². The molecule has 0 unspecified atom stereocenters. The Morgan fingerprint density at radius 1 is 1.18 bits per heavy atom. The normalized spacial score (nSPS) is 23.9. The minimum atomic E-state index is -0.215. The standard InChI is InChI=1S/C14H17FO2/c1-16-13-8-4-5-9-14(13)17-10-11-6-2-3-7-12(11)15/h2-7,13-14H,8-10H2,1H3/t13-,14+/m0/s1. The predicted molar refractivity (Wildman–Crippen MR) is 64.1 cm³/mol. The van der Waals surface area contributed by atoms with Gasteiger partial charge < -0.3 is 9.47 Å². The smallest absolute Gasteiger partial charge is 0.128 e. The van der Waals surface area contributed by atoms with Crippen molar-refractivity contribution in [2.45, 2.75) is 31.7 Å². The van der Waals surface area contributed by atoms with E-state index in [1.807, 2.05) is 6.07 Å². The van der Waals surface area contributed by atoms with Crippen LogP contribution in [-0.2, 0) is 16.1 Å².